The molecule has 0 fully saturated rings. The molecule has 1 heterocycles. The third kappa shape index (κ3) is 3.75. The highest BCUT2D eigenvalue weighted by Gasteiger charge is 2.16. The number of anilines is 1. The molecule has 0 aliphatic rings. The minimum Gasteiger partial charge on any atom is -0.383 e. The summed E-state index contributed by atoms with van der Waals surface area (Å²) in [6, 6.07) is 2.68. The Labute approximate surface area is 101 Å². The molecule has 1 unspecified atom stereocenters. The van der Waals surface area contributed by atoms with Crippen molar-refractivity contribution in [2.45, 2.75) is 5.03 Å². The topological polar surface area (TPSA) is 94.4 Å². The second-order valence-electron chi connectivity index (χ2n) is 3.15. The van der Waals surface area contributed by atoms with Gasteiger partial charge in [-0.2, -0.15) is 0 Å². The molecule has 0 aliphatic heterocycles. The van der Waals surface area contributed by atoms with Crippen LogP contribution >= 0.6 is 0 Å². The van der Waals surface area contributed by atoms with Crippen molar-refractivity contribution < 1.29 is 13.9 Å². The van der Waals surface area contributed by atoms with E-state index in [0.717, 1.165) is 0 Å². The van der Waals surface area contributed by atoms with E-state index in [2.05, 4.69) is 10.3 Å². The number of hydrogen-bond donors (Lipinski definition) is 1. The SMILES string of the molecule is COCCNc1nc(S(C)=O)ccc1[N+](=O)[O-]. The zero-order valence-electron chi connectivity index (χ0n) is 9.50. The number of nitrogens with one attached hydrogen (secondary N) is 1. The summed E-state index contributed by atoms with van der Waals surface area (Å²) in [6.07, 6.45) is 1.47. The van der Waals surface area contributed by atoms with Crippen LogP contribution in [-0.2, 0) is 15.5 Å². The van der Waals surface area contributed by atoms with E-state index in [-0.39, 0.29) is 11.5 Å². The molecule has 0 aromatic carbocycles. The van der Waals surface area contributed by atoms with Gasteiger partial charge in [-0.1, -0.05) is 0 Å². The summed E-state index contributed by atoms with van der Waals surface area (Å²) in [5.74, 6) is 0.111. The molecule has 0 saturated carbocycles. The first-order valence-corrected chi connectivity index (χ1v) is 6.33. The molecule has 0 spiro atoms. The Morgan fingerprint density at radius 1 is 1.59 bits per heavy atom. The predicted molar refractivity (Wildman–Crippen MR) is 63.6 cm³/mol. The number of rotatable bonds is 6. The second-order valence-corrected chi connectivity index (χ2v) is 4.47. The van der Waals surface area contributed by atoms with Gasteiger partial charge in [-0.25, -0.2) is 4.98 Å². The number of pyridine rings is 1. The Morgan fingerprint density at radius 3 is 2.82 bits per heavy atom. The van der Waals surface area contributed by atoms with Crippen molar-refractivity contribution in [3.63, 3.8) is 0 Å². The fourth-order valence-electron chi connectivity index (χ4n) is 1.14. The van der Waals surface area contributed by atoms with Gasteiger partial charge in [0.25, 0.3) is 0 Å². The van der Waals surface area contributed by atoms with Gasteiger partial charge in [0.2, 0.25) is 5.82 Å². The summed E-state index contributed by atoms with van der Waals surface area (Å²) >= 11 is 0. The predicted octanol–water partition coefficient (Wildman–Crippen LogP) is 0.785. The van der Waals surface area contributed by atoms with E-state index in [1.54, 1.807) is 0 Å². The van der Waals surface area contributed by atoms with Gasteiger partial charge in [0, 0.05) is 26.0 Å². The van der Waals surface area contributed by atoms with E-state index >= 15 is 0 Å². The third-order valence-corrected chi connectivity index (χ3v) is 2.75. The van der Waals surface area contributed by atoms with Crippen LogP contribution in [0.3, 0.4) is 0 Å². The van der Waals surface area contributed by atoms with Crippen LogP contribution < -0.4 is 5.32 Å². The molecule has 0 aliphatic carbocycles. The molecule has 0 amide bonds. The van der Waals surface area contributed by atoms with Gasteiger partial charge in [0.05, 0.1) is 22.3 Å². The Balaban J connectivity index is 2.98. The van der Waals surface area contributed by atoms with Crippen molar-refractivity contribution in [2.75, 3.05) is 31.8 Å². The van der Waals surface area contributed by atoms with Gasteiger partial charge in [-0.15, -0.1) is 0 Å². The highest BCUT2D eigenvalue weighted by atomic mass is 32.2. The average molecular weight is 259 g/mol. The van der Waals surface area contributed by atoms with Crippen LogP contribution in [0.4, 0.5) is 11.5 Å². The van der Waals surface area contributed by atoms with Crippen molar-refractivity contribution in [3.05, 3.63) is 22.2 Å². The molecular formula is C9H13N3O4S. The molecule has 0 radical (unpaired) electrons. The van der Waals surface area contributed by atoms with Crippen LogP contribution in [0.2, 0.25) is 0 Å². The summed E-state index contributed by atoms with van der Waals surface area (Å²) in [5.41, 5.74) is -0.143. The third-order valence-electron chi connectivity index (χ3n) is 1.94. The van der Waals surface area contributed by atoms with Crippen LogP contribution in [0, 0.1) is 10.1 Å². The minimum atomic E-state index is -1.27. The molecule has 0 saturated heterocycles. The minimum absolute atomic E-state index is 0.111. The monoisotopic (exact) mass is 259 g/mol. The van der Waals surface area contributed by atoms with Crippen molar-refractivity contribution >= 4 is 22.3 Å². The van der Waals surface area contributed by atoms with E-state index < -0.39 is 15.7 Å². The summed E-state index contributed by atoms with van der Waals surface area (Å²) in [4.78, 5) is 14.2. The molecular weight excluding hydrogens is 246 g/mol. The number of hydrogen-bond acceptors (Lipinski definition) is 6. The molecule has 8 heteroatoms. The fraction of sp³-hybridized carbons (Fsp3) is 0.444. The molecule has 7 nitrogen and oxygen atoms in total. The molecule has 17 heavy (non-hydrogen) atoms. The molecule has 1 atom stereocenters. The van der Waals surface area contributed by atoms with Crippen LogP contribution in [0.25, 0.3) is 0 Å². The first kappa shape index (κ1) is 13.5. The smallest absolute Gasteiger partial charge is 0.311 e. The molecule has 1 rings (SSSR count). The van der Waals surface area contributed by atoms with E-state index in [4.69, 9.17) is 4.74 Å². The maximum atomic E-state index is 11.2. The lowest BCUT2D eigenvalue weighted by atomic mass is 10.4. The number of ether oxygens (including phenoxy) is 1. The van der Waals surface area contributed by atoms with Gasteiger partial charge in [0.1, 0.15) is 5.03 Å². The first-order valence-electron chi connectivity index (χ1n) is 4.78. The van der Waals surface area contributed by atoms with Crippen LogP contribution in [-0.4, -0.2) is 40.6 Å². The lowest BCUT2D eigenvalue weighted by Gasteiger charge is -2.06. The number of methoxy groups -OCH3 is 1. The molecule has 1 N–H and O–H groups in total. The van der Waals surface area contributed by atoms with E-state index in [1.165, 1.54) is 25.5 Å². The summed E-state index contributed by atoms with van der Waals surface area (Å²) in [5, 5.41) is 13.8. The average Bonchev–Trinajstić information content (AvgIpc) is 2.28. The lowest BCUT2D eigenvalue weighted by Crippen LogP contribution is -2.11. The summed E-state index contributed by atoms with van der Waals surface area (Å²) in [6.45, 7) is 0.794. The number of aromatic nitrogens is 1. The maximum Gasteiger partial charge on any atom is 0.311 e. The summed E-state index contributed by atoms with van der Waals surface area (Å²) < 4.78 is 16.1. The van der Waals surface area contributed by atoms with Crippen molar-refractivity contribution in [2.24, 2.45) is 0 Å². The first-order chi connectivity index (χ1) is 8.06. The Bertz CT molecular complexity index is 438. The number of nitro groups is 1. The highest BCUT2D eigenvalue weighted by Crippen LogP contribution is 2.22. The molecule has 1 aromatic heterocycles. The Hall–Kier alpha value is -1.54. The zero-order valence-corrected chi connectivity index (χ0v) is 10.3. The van der Waals surface area contributed by atoms with Crippen LogP contribution in [0.5, 0.6) is 0 Å². The van der Waals surface area contributed by atoms with Gasteiger partial charge in [-0.05, 0) is 6.07 Å². The number of nitrogens with zero attached hydrogens (tertiary/aromatic N) is 2. The van der Waals surface area contributed by atoms with Crippen molar-refractivity contribution in [3.8, 4) is 0 Å². The quantitative estimate of drug-likeness (QED) is 0.461. The van der Waals surface area contributed by atoms with E-state index in [9.17, 15) is 14.3 Å². The van der Waals surface area contributed by atoms with Gasteiger partial charge in [0.15, 0.2) is 0 Å². The maximum absolute atomic E-state index is 11.2. The van der Waals surface area contributed by atoms with Gasteiger partial charge < -0.3 is 10.1 Å². The largest absolute Gasteiger partial charge is 0.383 e. The van der Waals surface area contributed by atoms with Gasteiger partial charge >= 0.3 is 5.69 Å². The fourth-order valence-corrected chi connectivity index (χ4v) is 1.62. The highest BCUT2D eigenvalue weighted by molar-refractivity contribution is 7.84. The molecule has 1 aromatic rings. The van der Waals surface area contributed by atoms with Crippen molar-refractivity contribution in [1.29, 1.82) is 0 Å². The van der Waals surface area contributed by atoms with E-state index in [0.29, 0.717) is 18.2 Å². The second kappa shape index (κ2) is 6.26. The summed E-state index contributed by atoms with van der Waals surface area (Å²) in [7, 11) is 0.256. The van der Waals surface area contributed by atoms with E-state index in [1.807, 2.05) is 0 Å². The molecule has 94 valence electrons. The zero-order chi connectivity index (χ0) is 12.8. The van der Waals surface area contributed by atoms with Crippen LogP contribution in [0.15, 0.2) is 17.2 Å². The van der Waals surface area contributed by atoms with Crippen LogP contribution in [0.1, 0.15) is 0 Å². The molecule has 0 bridgehead atoms. The Morgan fingerprint density at radius 2 is 2.29 bits per heavy atom. The standard InChI is InChI=1S/C9H13N3O4S/c1-16-6-5-10-9-7(12(13)14)3-4-8(11-9)17(2)15/h3-4H,5-6H2,1-2H3,(H,10,11). The van der Waals surface area contributed by atoms with Crippen molar-refractivity contribution in [1.82, 2.24) is 4.98 Å². The lowest BCUT2D eigenvalue weighted by molar-refractivity contribution is -0.384. The van der Waals surface area contributed by atoms with Gasteiger partial charge in [-0.3, -0.25) is 14.3 Å². The Kier molecular flexibility index (Phi) is 4.98. The normalized spacial score (nSPS) is 12.1.